The van der Waals surface area contributed by atoms with Crippen molar-refractivity contribution in [3.63, 3.8) is 0 Å². The lowest BCUT2D eigenvalue weighted by atomic mass is 10.0. The summed E-state index contributed by atoms with van der Waals surface area (Å²) >= 11 is 1.85. The molecule has 39 heavy (non-hydrogen) atoms. The number of allylic oxidation sites excluding steroid dienone is 7. The molecule has 0 N–H and O–H groups in total. The summed E-state index contributed by atoms with van der Waals surface area (Å²) in [5.41, 5.74) is 5.71. The maximum absolute atomic E-state index is 5.15. The van der Waals surface area contributed by atoms with Crippen molar-refractivity contribution in [3.8, 4) is 17.3 Å². The Labute approximate surface area is 230 Å². The van der Waals surface area contributed by atoms with Crippen LogP contribution in [0.25, 0.3) is 60.1 Å². The zero-order chi connectivity index (χ0) is 25.8. The fraction of sp³-hybridized carbons (Fsp3) is 0.0882. The summed E-state index contributed by atoms with van der Waals surface area (Å²) in [5, 5.41) is 3.86. The Balaban J connectivity index is 1.48. The molecule has 0 unspecified atom stereocenters. The minimum atomic E-state index is 0.660. The summed E-state index contributed by atoms with van der Waals surface area (Å²) in [6, 6.07) is 23.5. The Morgan fingerprint density at radius 3 is 2.51 bits per heavy atom. The van der Waals surface area contributed by atoms with Crippen LogP contribution in [0.4, 0.5) is 0 Å². The smallest absolute Gasteiger partial charge is 0.238 e. The molecule has 3 heterocycles. The number of thiophene rings is 1. The van der Waals surface area contributed by atoms with E-state index in [1.165, 1.54) is 42.3 Å². The van der Waals surface area contributed by atoms with Crippen molar-refractivity contribution in [2.75, 3.05) is 0 Å². The number of rotatable bonds is 3. The molecule has 5 heteroatoms. The summed E-state index contributed by atoms with van der Waals surface area (Å²) < 4.78 is 4.86. The van der Waals surface area contributed by atoms with Gasteiger partial charge in [-0.25, -0.2) is 4.98 Å². The highest BCUT2D eigenvalue weighted by Gasteiger charge is 2.24. The molecule has 0 bridgehead atoms. The fourth-order valence-electron chi connectivity index (χ4n) is 5.76. The molecular weight excluding hydrogens is 496 g/mol. The number of hydrogen-bond acceptors (Lipinski definition) is 4. The van der Waals surface area contributed by atoms with Crippen LogP contribution in [0.3, 0.4) is 0 Å². The fourth-order valence-corrected chi connectivity index (χ4v) is 7.00. The predicted molar refractivity (Wildman–Crippen MR) is 163 cm³/mol. The topological polar surface area (TPSA) is 43.6 Å². The molecule has 0 saturated heterocycles. The van der Waals surface area contributed by atoms with Gasteiger partial charge in [-0.1, -0.05) is 97.1 Å². The van der Waals surface area contributed by atoms with Gasteiger partial charge in [0, 0.05) is 32.0 Å². The largest absolute Gasteiger partial charge is 0.277 e. The molecule has 186 valence electrons. The molecule has 0 amide bonds. The Morgan fingerprint density at radius 2 is 1.56 bits per heavy atom. The molecule has 3 aromatic heterocycles. The normalized spacial score (nSPS) is 14.7. The first-order valence-electron chi connectivity index (χ1n) is 13.3. The number of benzene rings is 3. The minimum absolute atomic E-state index is 0.660. The number of nitrogens with zero attached hydrogens (tertiary/aromatic N) is 4. The van der Waals surface area contributed by atoms with E-state index >= 15 is 0 Å². The quantitative estimate of drug-likeness (QED) is 0.234. The lowest BCUT2D eigenvalue weighted by Gasteiger charge is -2.13. The molecule has 8 rings (SSSR count). The Morgan fingerprint density at radius 1 is 0.718 bits per heavy atom. The van der Waals surface area contributed by atoms with Crippen molar-refractivity contribution >= 4 is 54.1 Å². The summed E-state index contributed by atoms with van der Waals surface area (Å²) in [4.78, 5) is 15.2. The standard InChI is InChI=1S/C34H24N4S/c1-2-5-13-22(12-4-1)32-35-33(23-14-6-3-7-15-23)37-34(36-32)38-28-18-10-8-16-24(28)26-20-21-27-25-17-9-11-19-29(25)39-31(27)30(26)38/h1-4,6-7,9-15,17-21H,5,8,16H2. The first-order valence-corrected chi connectivity index (χ1v) is 14.2. The van der Waals surface area contributed by atoms with Crippen molar-refractivity contribution in [1.82, 2.24) is 19.5 Å². The van der Waals surface area contributed by atoms with E-state index in [-0.39, 0.29) is 0 Å². The monoisotopic (exact) mass is 520 g/mol. The molecule has 0 saturated carbocycles. The molecule has 0 fully saturated rings. The zero-order valence-corrected chi connectivity index (χ0v) is 22.0. The predicted octanol–water partition coefficient (Wildman–Crippen LogP) is 8.71. The summed E-state index contributed by atoms with van der Waals surface area (Å²) in [7, 11) is 0. The highest BCUT2D eigenvalue weighted by molar-refractivity contribution is 7.26. The second-order valence-corrected chi connectivity index (χ2v) is 11.0. The van der Waals surface area contributed by atoms with E-state index in [4.69, 9.17) is 15.0 Å². The van der Waals surface area contributed by atoms with Crippen LogP contribution in [0.15, 0.2) is 103 Å². The van der Waals surface area contributed by atoms with E-state index in [1.807, 2.05) is 29.5 Å². The van der Waals surface area contributed by atoms with Gasteiger partial charge in [-0.3, -0.25) is 4.57 Å². The van der Waals surface area contributed by atoms with Gasteiger partial charge in [-0.05, 0) is 37.0 Å². The van der Waals surface area contributed by atoms with Gasteiger partial charge in [0.05, 0.1) is 15.9 Å². The molecule has 4 nitrogen and oxygen atoms in total. The van der Waals surface area contributed by atoms with E-state index in [0.29, 0.717) is 17.6 Å². The van der Waals surface area contributed by atoms with Gasteiger partial charge in [-0.2, -0.15) is 9.97 Å². The van der Waals surface area contributed by atoms with Crippen molar-refractivity contribution in [2.24, 2.45) is 0 Å². The SMILES string of the molecule is C1=CCC=C(c2nc(-c3ccccc3)nc(-n3c4c(c5ccc6c7ccccc7sc6c53)CCC=C4)n2)C=C1. The van der Waals surface area contributed by atoms with Crippen LogP contribution in [0.2, 0.25) is 0 Å². The number of fused-ring (bicyclic) bond motifs is 7. The highest BCUT2D eigenvalue weighted by atomic mass is 32.1. The molecule has 2 aliphatic rings. The summed E-state index contributed by atoms with van der Waals surface area (Å²) in [6.07, 6.45) is 17.9. The molecule has 0 atom stereocenters. The average molecular weight is 521 g/mol. The average Bonchev–Trinajstić information content (AvgIpc) is 3.40. The zero-order valence-electron chi connectivity index (χ0n) is 21.2. The van der Waals surface area contributed by atoms with Crippen molar-refractivity contribution in [2.45, 2.75) is 19.3 Å². The molecule has 0 aliphatic heterocycles. The second kappa shape index (κ2) is 9.00. The summed E-state index contributed by atoms with van der Waals surface area (Å²) in [6.45, 7) is 0. The van der Waals surface area contributed by atoms with Gasteiger partial charge in [0.15, 0.2) is 11.6 Å². The van der Waals surface area contributed by atoms with E-state index in [9.17, 15) is 0 Å². The van der Waals surface area contributed by atoms with E-state index in [0.717, 1.165) is 30.4 Å². The third-order valence-electron chi connectivity index (χ3n) is 7.57. The third kappa shape index (κ3) is 3.62. The van der Waals surface area contributed by atoms with E-state index in [2.05, 4.69) is 95.6 Å². The van der Waals surface area contributed by atoms with Gasteiger partial charge >= 0.3 is 0 Å². The van der Waals surface area contributed by atoms with Crippen LogP contribution >= 0.6 is 11.3 Å². The lowest BCUT2D eigenvalue weighted by molar-refractivity contribution is 0.891. The Bertz CT molecular complexity index is 2040. The number of hydrogen-bond donors (Lipinski definition) is 0. The van der Waals surface area contributed by atoms with Gasteiger partial charge < -0.3 is 0 Å². The van der Waals surface area contributed by atoms with Gasteiger partial charge in [0.2, 0.25) is 5.95 Å². The number of aromatic nitrogens is 4. The minimum Gasteiger partial charge on any atom is -0.277 e. The lowest BCUT2D eigenvalue weighted by Crippen LogP contribution is -2.10. The maximum atomic E-state index is 5.15. The van der Waals surface area contributed by atoms with Crippen LogP contribution in [0.1, 0.15) is 29.9 Å². The highest BCUT2D eigenvalue weighted by Crippen LogP contribution is 2.43. The molecular formula is C34H24N4S. The summed E-state index contributed by atoms with van der Waals surface area (Å²) in [5.74, 6) is 2.03. The van der Waals surface area contributed by atoms with Crippen LogP contribution in [-0.4, -0.2) is 19.5 Å². The first kappa shape index (κ1) is 22.4. The van der Waals surface area contributed by atoms with Crippen LogP contribution in [0, 0.1) is 0 Å². The van der Waals surface area contributed by atoms with Crippen LogP contribution < -0.4 is 0 Å². The van der Waals surface area contributed by atoms with Crippen molar-refractivity contribution in [1.29, 1.82) is 0 Å². The third-order valence-corrected chi connectivity index (χ3v) is 8.76. The van der Waals surface area contributed by atoms with E-state index < -0.39 is 0 Å². The Kier molecular flexibility index (Phi) is 5.16. The molecule has 0 spiro atoms. The van der Waals surface area contributed by atoms with Gasteiger partial charge in [0.1, 0.15) is 0 Å². The van der Waals surface area contributed by atoms with Crippen LogP contribution in [0.5, 0.6) is 0 Å². The van der Waals surface area contributed by atoms with Gasteiger partial charge in [0.25, 0.3) is 0 Å². The van der Waals surface area contributed by atoms with Crippen molar-refractivity contribution < 1.29 is 0 Å². The van der Waals surface area contributed by atoms with Gasteiger partial charge in [-0.15, -0.1) is 11.3 Å². The molecule has 3 aromatic carbocycles. The molecule has 2 aliphatic carbocycles. The molecule has 6 aromatic rings. The maximum Gasteiger partial charge on any atom is 0.238 e. The molecule has 0 radical (unpaired) electrons. The second-order valence-electron chi connectivity index (χ2n) is 9.91. The first-order chi connectivity index (χ1) is 19.3. The van der Waals surface area contributed by atoms with Crippen LogP contribution in [-0.2, 0) is 6.42 Å². The Hall–Kier alpha value is -4.61. The number of aryl methyl sites for hydroxylation is 1. The van der Waals surface area contributed by atoms with E-state index in [1.54, 1.807) is 0 Å². The van der Waals surface area contributed by atoms with Crippen molar-refractivity contribution in [3.05, 3.63) is 120 Å².